The van der Waals surface area contributed by atoms with E-state index in [0.29, 0.717) is 24.7 Å². The smallest absolute Gasteiger partial charge is 0.257 e. The number of hydrogen-bond acceptors (Lipinski definition) is 3. The van der Waals surface area contributed by atoms with Crippen LogP contribution in [0.25, 0.3) is 0 Å². The normalized spacial score (nSPS) is 11.0. The molecule has 4 nitrogen and oxygen atoms in total. The first-order chi connectivity index (χ1) is 14.6. The maximum atomic E-state index is 12.6. The minimum atomic E-state index is -0.347. The highest BCUT2D eigenvalue weighted by atomic mass is 16.5. The van der Waals surface area contributed by atoms with Crippen molar-refractivity contribution in [1.82, 2.24) is 5.32 Å². The molecule has 0 aliphatic rings. The first-order valence-electron chi connectivity index (χ1n) is 10.4. The fraction of sp³-hybridized carbons (Fsp3) is 0.269. The standard InChI is InChI=1S/C26H29NO3/c1-3-18-29-23-16-10-11-17-24(23)30-19-25(28)27-20-26(2,21-12-6-4-7-13-21)22-14-8-5-9-15-22/h4-17H,3,18-20H2,1-2H3,(H,27,28). The second-order valence-electron chi connectivity index (χ2n) is 7.42. The minimum Gasteiger partial charge on any atom is -0.490 e. The molecule has 156 valence electrons. The number of benzene rings is 3. The van der Waals surface area contributed by atoms with Gasteiger partial charge in [0.2, 0.25) is 0 Å². The van der Waals surface area contributed by atoms with Gasteiger partial charge < -0.3 is 14.8 Å². The molecule has 3 aromatic carbocycles. The Balaban J connectivity index is 1.66. The summed E-state index contributed by atoms with van der Waals surface area (Å²) in [4.78, 5) is 12.6. The zero-order chi connectivity index (χ0) is 21.2. The minimum absolute atomic E-state index is 0.0633. The van der Waals surface area contributed by atoms with Gasteiger partial charge in [0.05, 0.1) is 6.61 Å². The van der Waals surface area contributed by atoms with Crippen molar-refractivity contribution in [2.45, 2.75) is 25.7 Å². The highest BCUT2D eigenvalue weighted by Crippen LogP contribution is 2.31. The third kappa shape index (κ3) is 5.41. The zero-order valence-corrected chi connectivity index (χ0v) is 17.6. The van der Waals surface area contributed by atoms with Crippen molar-refractivity contribution in [3.05, 3.63) is 96.1 Å². The molecule has 0 aromatic heterocycles. The summed E-state index contributed by atoms with van der Waals surface area (Å²) in [6.45, 7) is 5.21. The maximum absolute atomic E-state index is 12.6. The van der Waals surface area contributed by atoms with Crippen LogP contribution in [0.4, 0.5) is 0 Å². The van der Waals surface area contributed by atoms with Crippen molar-refractivity contribution < 1.29 is 14.3 Å². The molecule has 0 fully saturated rings. The van der Waals surface area contributed by atoms with Gasteiger partial charge in [0, 0.05) is 12.0 Å². The summed E-state index contributed by atoms with van der Waals surface area (Å²) in [5.41, 5.74) is 1.95. The molecule has 0 bridgehead atoms. The summed E-state index contributed by atoms with van der Waals surface area (Å²) >= 11 is 0. The average Bonchev–Trinajstić information content (AvgIpc) is 2.81. The largest absolute Gasteiger partial charge is 0.490 e. The lowest BCUT2D eigenvalue weighted by Crippen LogP contribution is -2.41. The Morgan fingerprint density at radius 1 is 0.800 bits per heavy atom. The van der Waals surface area contributed by atoms with E-state index in [9.17, 15) is 4.79 Å². The third-order valence-corrected chi connectivity index (χ3v) is 5.13. The predicted molar refractivity (Wildman–Crippen MR) is 120 cm³/mol. The molecule has 0 aliphatic heterocycles. The molecule has 1 amide bonds. The molecule has 4 heteroatoms. The van der Waals surface area contributed by atoms with Crippen LogP contribution < -0.4 is 14.8 Å². The van der Waals surface area contributed by atoms with Gasteiger partial charge in [-0.2, -0.15) is 0 Å². The Kier molecular flexibility index (Phi) is 7.50. The summed E-state index contributed by atoms with van der Waals surface area (Å²) in [5.74, 6) is 1.07. The lowest BCUT2D eigenvalue weighted by molar-refractivity contribution is -0.123. The van der Waals surface area contributed by atoms with Gasteiger partial charge in [-0.15, -0.1) is 0 Å². The van der Waals surface area contributed by atoms with Gasteiger partial charge in [-0.1, -0.05) is 79.7 Å². The fourth-order valence-electron chi connectivity index (χ4n) is 3.35. The number of carbonyl (C=O) groups is 1. The zero-order valence-electron chi connectivity index (χ0n) is 17.6. The van der Waals surface area contributed by atoms with Crippen LogP contribution in [0.5, 0.6) is 11.5 Å². The quantitative estimate of drug-likeness (QED) is 0.520. The second kappa shape index (κ2) is 10.5. The molecule has 1 N–H and O–H groups in total. The Morgan fingerprint density at radius 2 is 1.30 bits per heavy atom. The molecule has 0 unspecified atom stereocenters. The molecule has 0 saturated carbocycles. The Hall–Kier alpha value is -3.27. The molecule has 0 radical (unpaired) electrons. The summed E-state index contributed by atoms with van der Waals surface area (Å²) in [7, 11) is 0. The van der Waals surface area contributed by atoms with Gasteiger partial charge in [0.25, 0.3) is 5.91 Å². The van der Waals surface area contributed by atoms with Crippen LogP contribution in [0.15, 0.2) is 84.9 Å². The summed E-state index contributed by atoms with van der Waals surface area (Å²) in [5, 5.41) is 3.05. The van der Waals surface area contributed by atoms with E-state index in [4.69, 9.17) is 9.47 Å². The first-order valence-corrected chi connectivity index (χ1v) is 10.4. The third-order valence-electron chi connectivity index (χ3n) is 5.13. The van der Waals surface area contributed by atoms with Gasteiger partial charge in [0.1, 0.15) is 0 Å². The van der Waals surface area contributed by atoms with E-state index in [1.165, 1.54) is 0 Å². The lowest BCUT2D eigenvalue weighted by atomic mass is 9.76. The molecular formula is C26H29NO3. The molecule has 3 aromatic rings. The highest BCUT2D eigenvalue weighted by molar-refractivity contribution is 5.77. The van der Waals surface area contributed by atoms with E-state index in [0.717, 1.165) is 17.5 Å². The number of para-hydroxylation sites is 2. The average molecular weight is 404 g/mol. The van der Waals surface area contributed by atoms with Crippen LogP contribution >= 0.6 is 0 Å². The Bertz CT molecular complexity index is 886. The van der Waals surface area contributed by atoms with Crippen molar-refractivity contribution in [3.63, 3.8) is 0 Å². The number of ether oxygens (including phenoxy) is 2. The first kappa shape index (κ1) is 21.4. The van der Waals surface area contributed by atoms with Crippen LogP contribution in [0, 0.1) is 0 Å². The van der Waals surface area contributed by atoms with E-state index >= 15 is 0 Å². The summed E-state index contributed by atoms with van der Waals surface area (Å²) in [6, 6.07) is 27.9. The van der Waals surface area contributed by atoms with Gasteiger partial charge in [-0.05, 0) is 36.6 Å². The van der Waals surface area contributed by atoms with Crippen molar-refractivity contribution >= 4 is 5.91 Å². The van der Waals surface area contributed by atoms with Crippen LogP contribution in [-0.2, 0) is 10.2 Å². The van der Waals surface area contributed by atoms with Crippen LogP contribution in [-0.4, -0.2) is 25.7 Å². The van der Waals surface area contributed by atoms with Crippen LogP contribution in [0.2, 0.25) is 0 Å². The van der Waals surface area contributed by atoms with Crippen LogP contribution in [0.3, 0.4) is 0 Å². The molecule has 0 atom stereocenters. The van der Waals surface area contributed by atoms with E-state index in [2.05, 4.69) is 36.5 Å². The number of hydrogen-bond donors (Lipinski definition) is 1. The number of rotatable bonds is 10. The van der Waals surface area contributed by atoms with E-state index in [1.807, 2.05) is 67.6 Å². The SMILES string of the molecule is CCCOc1ccccc1OCC(=O)NCC(C)(c1ccccc1)c1ccccc1. The number of carbonyl (C=O) groups excluding carboxylic acids is 1. The fourth-order valence-corrected chi connectivity index (χ4v) is 3.35. The predicted octanol–water partition coefficient (Wildman–Crippen LogP) is 4.98. The van der Waals surface area contributed by atoms with Crippen molar-refractivity contribution in [1.29, 1.82) is 0 Å². The molecule has 3 rings (SSSR count). The molecule has 30 heavy (non-hydrogen) atoms. The molecule has 0 saturated heterocycles. The van der Waals surface area contributed by atoms with Crippen molar-refractivity contribution in [3.8, 4) is 11.5 Å². The maximum Gasteiger partial charge on any atom is 0.257 e. The number of amides is 1. The summed E-state index contributed by atoms with van der Waals surface area (Å²) in [6.07, 6.45) is 0.909. The molecule has 0 spiro atoms. The second-order valence-corrected chi connectivity index (χ2v) is 7.42. The highest BCUT2D eigenvalue weighted by Gasteiger charge is 2.29. The van der Waals surface area contributed by atoms with Crippen molar-refractivity contribution in [2.75, 3.05) is 19.8 Å². The van der Waals surface area contributed by atoms with E-state index in [1.54, 1.807) is 0 Å². The van der Waals surface area contributed by atoms with Gasteiger partial charge in [0.15, 0.2) is 18.1 Å². The molecular weight excluding hydrogens is 374 g/mol. The van der Waals surface area contributed by atoms with Gasteiger partial charge >= 0.3 is 0 Å². The van der Waals surface area contributed by atoms with E-state index < -0.39 is 0 Å². The van der Waals surface area contributed by atoms with Gasteiger partial charge in [-0.3, -0.25) is 4.79 Å². The lowest BCUT2D eigenvalue weighted by Gasteiger charge is -2.31. The molecule has 0 aliphatic carbocycles. The monoisotopic (exact) mass is 403 g/mol. The Morgan fingerprint density at radius 3 is 1.83 bits per heavy atom. The molecule has 0 heterocycles. The topological polar surface area (TPSA) is 47.6 Å². The number of nitrogens with one attached hydrogen (secondary N) is 1. The Labute approximate surface area is 178 Å². The van der Waals surface area contributed by atoms with Crippen molar-refractivity contribution in [2.24, 2.45) is 0 Å². The van der Waals surface area contributed by atoms with Gasteiger partial charge in [-0.25, -0.2) is 0 Å². The van der Waals surface area contributed by atoms with E-state index in [-0.39, 0.29) is 17.9 Å². The van der Waals surface area contributed by atoms with Crippen LogP contribution in [0.1, 0.15) is 31.4 Å². The summed E-state index contributed by atoms with van der Waals surface area (Å²) < 4.78 is 11.4.